The van der Waals surface area contributed by atoms with Gasteiger partial charge in [0, 0.05) is 23.6 Å². The summed E-state index contributed by atoms with van der Waals surface area (Å²) in [5.41, 5.74) is 2.30. The number of aromatic nitrogens is 1. The molecule has 0 bridgehead atoms. The summed E-state index contributed by atoms with van der Waals surface area (Å²) >= 11 is 5.31. The van der Waals surface area contributed by atoms with Crippen LogP contribution in [0.5, 0.6) is 11.5 Å². The predicted molar refractivity (Wildman–Crippen MR) is 132 cm³/mol. The molecule has 4 aromatic rings. The quantitative estimate of drug-likeness (QED) is 0.274. The van der Waals surface area contributed by atoms with Crippen molar-refractivity contribution >= 4 is 51.8 Å². The molecule has 162 valence electrons. The van der Waals surface area contributed by atoms with Crippen molar-refractivity contribution in [1.29, 1.82) is 0 Å². The van der Waals surface area contributed by atoms with Gasteiger partial charge >= 0.3 is 0 Å². The van der Waals surface area contributed by atoms with E-state index in [1.807, 2.05) is 72.3 Å². The van der Waals surface area contributed by atoms with Crippen LogP contribution in [0.4, 0.5) is 5.69 Å². The maximum atomic E-state index is 13.3. The number of amides is 2. The van der Waals surface area contributed by atoms with Crippen molar-refractivity contribution in [3.63, 3.8) is 0 Å². The number of fused-ring (bicyclic) bond motifs is 1. The lowest BCUT2D eigenvalue weighted by Gasteiger charge is -2.29. The van der Waals surface area contributed by atoms with Gasteiger partial charge in [-0.3, -0.25) is 19.8 Å². The van der Waals surface area contributed by atoms with E-state index < -0.39 is 11.8 Å². The molecule has 1 saturated heterocycles. The molecule has 0 atom stereocenters. The number of hydrogen-bond donors (Lipinski definition) is 1. The van der Waals surface area contributed by atoms with Gasteiger partial charge in [-0.1, -0.05) is 36.4 Å². The highest BCUT2D eigenvalue weighted by Crippen LogP contribution is 2.28. The van der Waals surface area contributed by atoms with Gasteiger partial charge in [0.2, 0.25) is 0 Å². The molecule has 3 aromatic carbocycles. The molecular weight excluding hydrogens is 434 g/mol. The van der Waals surface area contributed by atoms with Crippen molar-refractivity contribution in [3.8, 4) is 11.5 Å². The fourth-order valence-electron chi connectivity index (χ4n) is 3.78. The first-order valence-corrected chi connectivity index (χ1v) is 10.7. The lowest BCUT2D eigenvalue weighted by molar-refractivity contribution is -0.122. The zero-order chi connectivity index (χ0) is 22.9. The van der Waals surface area contributed by atoms with Crippen LogP contribution < -0.4 is 15.0 Å². The summed E-state index contributed by atoms with van der Waals surface area (Å²) < 4.78 is 7.75. The molecule has 5 rings (SSSR count). The third-order valence-electron chi connectivity index (χ3n) is 5.46. The molecule has 1 aliphatic heterocycles. The summed E-state index contributed by atoms with van der Waals surface area (Å²) in [6.45, 7) is 0. The molecule has 0 spiro atoms. The Labute approximate surface area is 195 Å². The molecule has 2 amide bonds. The van der Waals surface area contributed by atoms with Crippen LogP contribution >= 0.6 is 12.2 Å². The van der Waals surface area contributed by atoms with Crippen molar-refractivity contribution in [3.05, 3.63) is 96.2 Å². The largest absolute Gasteiger partial charge is 0.457 e. The van der Waals surface area contributed by atoms with Gasteiger partial charge in [-0.05, 0) is 66.8 Å². The molecule has 6 nitrogen and oxygen atoms in total. The summed E-state index contributed by atoms with van der Waals surface area (Å²) in [6, 6.07) is 26.2. The zero-order valence-corrected chi connectivity index (χ0v) is 18.5. The zero-order valence-electron chi connectivity index (χ0n) is 17.7. The van der Waals surface area contributed by atoms with Crippen LogP contribution in [0.25, 0.3) is 17.0 Å². The number of carbonyl (C=O) groups excluding carboxylic acids is 2. The summed E-state index contributed by atoms with van der Waals surface area (Å²) in [6.07, 6.45) is 1.60. The van der Waals surface area contributed by atoms with Crippen LogP contribution in [-0.2, 0) is 16.6 Å². The van der Waals surface area contributed by atoms with E-state index in [1.165, 1.54) is 4.90 Å². The van der Waals surface area contributed by atoms with Crippen molar-refractivity contribution in [1.82, 2.24) is 9.88 Å². The molecule has 1 N–H and O–H groups in total. The number of nitrogens with one attached hydrogen (secondary N) is 1. The van der Waals surface area contributed by atoms with Gasteiger partial charge in [0.25, 0.3) is 11.8 Å². The maximum Gasteiger partial charge on any atom is 0.270 e. The second-order valence-corrected chi connectivity index (χ2v) is 7.94. The van der Waals surface area contributed by atoms with Crippen LogP contribution in [0.15, 0.2) is 90.5 Å². The number of benzene rings is 3. The average Bonchev–Trinajstić information content (AvgIpc) is 3.14. The van der Waals surface area contributed by atoms with Gasteiger partial charge in [-0.25, -0.2) is 0 Å². The van der Waals surface area contributed by atoms with Crippen LogP contribution in [0.2, 0.25) is 0 Å². The van der Waals surface area contributed by atoms with Gasteiger partial charge < -0.3 is 9.30 Å². The molecule has 0 radical (unpaired) electrons. The van der Waals surface area contributed by atoms with Gasteiger partial charge in [0.05, 0.1) is 5.69 Å². The lowest BCUT2D eigenvalue weighted by atomic mass is 10.1. The van der Waals surface area contributed by atoms with E-state index >= 15 is 0 Å². The van der Waals surface area contributed by atoms with Gasteiger partial charge in [-0.15, -0.1) is 0 Å². The van der Waals surface area contributed by atoms with Gasteiger partial charge in [0.15, 0.2) is 5.11 Å². The Morgan fingerprint density at radius 3 is 2.27 bits per heavy atom. The lowest BCUT2D eigenvalue weighted by Crippen LogP contribution is -2.54. The Kier molecular flexibility index (Phi) is 5.24. The Morgan fingerprint density at radius 2 is 1.55 bits per heavy atom. The number of rotatable bonds is 4. The van der Waals surface area contributed by atoms with Crippen molar-refractivity contribution in [2.24, 2.45) is 7.05 Å². The van der Waals surface area contributed by atoms with E-state index in [0.717, 1.165) is 16.6 Å². The summed E-state index contributed by atoms with van der Waals surface area (Å²) in [5.74, 6) is 0.333. The number of nitrogens with zero attached hydrogens (tertiary/aromatic N) is 2. The molecule has 1 aliphatic rings. The molecule has 0 aliphatic carbocycles. The molecular formula is C26H19N3O3S. The highest BCUT2D eigenvalue weighted by molar-refractivity contribution is 7.80. The van der Waals surface area contributed by atoms with E-state index in [0.29, 0.717) is 17.2 Å². The maximum absolute atomic E-state index is 13.3. The molecule has 1 aromatic heterocycles. The van der Waals surface area contributed by atoms with Gasteiger partial charge in [0.1, 0.15) is 17.1 Å². The first kappa shape index (κ1) is 20.7. The predicted octanol–water partition coefficient (Wildman–Crippen LogP) is 4.80. The molecule has 7 heteroatoms. The number of anilines is 1. The van der Waals surface area contributed by atoms with Crippen molar-refractivity contribution < 1.29 is 14.3 Å². The second-order valence-electron chi connectivity index (χ2n) is 7.55. The number of para-hydroxylation sites is 2. The minimum Gasteiger partial charge on any atom is -0.457 e. The van der Waals surface area contributed by atoms with E-state index in [-0.39, 0.29) is 10.7 Å². The van der Waals surface area contributed by atoms with E-state index in [1.54, 1.807) is 30.3 Å². The summed E-state index contributed by atoms with van der Waals surface area (Å²) in [5, 5.41) is 3.69. The van der Waals surface area contributed by atoms with Crippen molar-refractivity contribution in [2.45, 2.75) is 0 Å². The van der Waals surface area contributed by atoms with E-state index in [2.05, 4.69) is 5.32 Å². The number of thiocarbonyl (C=S) groups is 1. The molecule has 2 heterocycles. The summed E-state index contributed by atoms with van der Waals surface area (Å²) in [7, 11) is 1.90. The van der Waals surface area contributed by atoms with Crippen LogP contribution in [0, 0.1) is 0 Å². The van der Waals surface area contributed by atoms with E-state index in [4.69, 9.17) is 17.0 Å². The van der Waals surface area contributed by atoms with Crippen molar-refractivity contribution in [2.75, 3.05) is 4.90 Å². The highest BCUT2D eigenvalue weighted by atomic mass is 32.1. The number of aryl methyl sites for hydroxylation is 1. The Morgan fingerprint density at radius 1 is 0.879 bits per heavy atom. The minimum absolute atomic E-state index is 0.0131. The minimum atomic E-state index is -0.518. The standard InChI is InChI=1S/C26H19N3O3S/c1-28-19(15-17-7-5-6-10-23(17)28)16-22-24(30)27-26(33)29(25(22)31)18-11-13-21(14-12-18)32-20-8-3-2-4-9-20/h2-16H,1H3,(H,27,30,33). The smallest absolute Gasteiger partial charge is 0.270 e. The Balaban J connectivity index is 1.45. The molecule has 1 fully saturated rings. The third-order valence-corrected chi connectivity index (χ3v) is 5.74. The first-order valence-electron chi connectivity index (χ1n) is 10.3. The van der Waals surface area contributed by atoms with Crippen LogP contribution in [0.3, 0.4) is 0 Å². The Bertz CT molecular complexity index is 1420. The first-order chi connectivity index (χ1) is 16.0. The fourth-order valence-corrected chi connectivity index (χ4v) is 4.06. The monoisotopic (exact) mass is 453 g/mol. The summed E-state index contributed by atoms with van der Waals surface area (Å²) in [4.78, 5) is 27.3. The molecule has 33 heavy (non-hydrogen) atoms. The van der Waals surface area contributed by atoms with Crippen LogP contribution in [0.1, 0.15) is 5.69 Å². The Hall–Kier alpha value is -4.23. The van der Waals surface area contributed by atoms with E-state index in [9.17, 15) is 9.59 Å². The third kappa shape index (κ3) is 3.90. The molecule has 0 saturated carbocycles. The average molecular weight is 454 g/mol. The number of carbonyl (C=O) groups is 2. The normalized spacial score (nSPS) is 15.2. The number of ether oxygens (including phenoxy) is 1. The SMILES string of the molecule is Cn1c(C=C2C(=O)NC(=S)N(c3ccc(Oc4ccccc4)cc3)C2=O)cc2ccccc21. The van der Waals surface area contributed by atoms with Gasteiger partial charge in [-0.2, -0.15) is 0 Å². The van der Waals surface area contributed by atoms with Crippen LogP contribution in [-0.4, -0.2) is 21.5 Å². The fraction of sp³-hybridized carbons (Fsp3) is 0.0385. The highest BCUT2D eigenvalue weighted by Gasteiger charge is 2.34. The molecule has 0 unspecified atom stereocenters. The topological polar surface area (TPSA) is 63.6 Å². The number of hydrogen-bond acceptors (Lipinski definition) is 4. The second kappa shape index (κ2) is 8.37.